The van der Waals surface area contributed by atoms with Gasteiger partial charge in [-0.1, -0.05) is 6.42 Å². The van der Waals surface area contributed by atoms with Crippen molar-refractivity contribution in [3.05, 3.63) is 12.4 Å². The number of rotatable bonds is 4. The molecular weight excluding hydrogens is 162 g/mol. The molecule has 0 bridgehead atoms. The zero-order valence-corrected chi connectivity index (χ0v) is 8.16. The van der Waals surface area contributed by atoms with Crippen LogP contribution in [-0.4, -0.2) is 16.3 Å². The van der Waals surface area contributed by atoms with Gasteiger partial charge in [-0.15, -0.1) is 0 Å². The lowest BCUT2D eigenvalue weighted by Crippen LogP contribution is -2.20. The standard InChI is InChI=1S/C10H17N3/c1-2-13-8-10(7-12-13)11-6-9-4-3-5-9/h7-9,11H,2-6H2,1H3. The van der Waals surface area contributed by atoms with Crippen molar-refractivity contribution < 1.29 is 0 Å². The summed E-state index contributed by atoms with van der Waals surface area (Å²) in [4.78, 5) is 0. The maximum atomic E-state index is 4.21. The molecule has 3 heteroatoms. The minimum atomic E-state index is 0.907. The van der Waals surface area contributed by atoms with Crippen molar-refractivity contribution in [2.75, 3.05) is 11.9 Å². The first-order valence-corrected chi connectivity index (χ1v) is 5.15. The molecule has 13 heavy (non-hydrogen) atoms. The fourth-order valence-corrected chi connectivity index (χ4v) is 1.59. The summed E-state index contributed by atoms with van der Waals surface area (Å²) >= 11 is 0. The number of hydrogen-bond acceptors (Lipinski definition) is 2. The number of aromatic nitrogens is 2. The molecule has 1 aromatic rings. The van der Waals surface area contributed by atoms with Crippen molar-refractivity contribution in [2.45, 2.75) is 32.7 Å². The molecule has 1 aromatic heterocycles. The number of hydrogen-bond donors (Lipinski definition) is 1. The second-order valence-electron chi connectivity index (χ2n) is 3.76. The minimum absolute atomic E-state index is 0.907. The molecule has 0 radical (unpaired) electrons. The van der Waals surface area contributed by atoms with Crippen molar-refractivity contribution in [2.24, 2.45) is 5.92 Å². The Morgan fingerprint density at radius 1 is 1.62 bits per heavy atom. The van der Waals surface area contributed by atoms with Crippen LogP contribution >= 0.6 is 0 Å². The molecular formula is C10H17N3. The molecule has 0 atom stereocenters. The molecule has 1 heterocycles. The zero-order valence-electron chi connectivity index (χ0n) is 8.16. The smallest absolute Gasteiger partial charge is 0.0726 e. The summed E-state index contributed by atoms with van der Waals surface area (Å²) in [5.41, 5.74) is 1.16. The number of nitrogens with one attached hydrogen (secondary N) is 1. The molecule has 1 saturated carbocycles. The highest BCUT2D eigenvalue weighted by Crippen LogP contribution is 2.26. The van der Waals surface area contributed by atoms with Crippen molar-refractivity contribution >= 4 is 5.69 Å². The van der Waals surface area contributed by atoms with E-state index in [2.05, 4.69) is 23.5 Å². The van der Waals surface area contributed by atoms with Gasteiger partial charge in [0.15, 0.2) is 0 Å². The molecule has 1 fully saturated rings. The lowest BCUT2D eigenvalue weighted by Gasteiger charge is -2.25. The summed E-state index contributed by atoms with van der Waals surface area (Å²) in [5.74, 6) is 0.907. The predicted molar refractivity (Wildman–Crippen MR) is 53.7 cm³/mol. The van der Waals surface area contributed by atoms with Gasteiger partial charge in [0.2, 0.25) is 0 Å². The highest BCUT2D eigenvalue weighted by molar-refractivity contribution is 5.38. The molecule has 0 amide bonds. The van der Waals surface area contributed by atoms with Gasteiger partial charge < -0.3 is 5.32 Å². The Morgan fingerprint density at radius 2 is 2.46 bits per heavy atom. The fourth-order valence-electron chi connectivity index (χ4n) is 1.59. The van der Waals surface area contributed by atoms with Crippen LogP contribution in [0.15, 0.2) is 12.4 Å². The molecule has 0 spiro atoms. The van der Waals surface area contributed by atoms with E-state index in [0.29, 0.717) is 0 Å². The zero-order chi connectivity index (χ0) is 9.10. The fraction of sp³-hybridized carbons (Fsp3) is 0.700. The molecule has 1 N–H and O–H groups in total. The molecule has 3 nitrogen and oxygen atoms in total. The first-order chi connectivity index (χ1) is 6.38. The van der Waals surface area contributed by atoms with E-state index in [1.165, 1.54) is 19.3 Å². The van der Waals surface area contributed by atoms with Crippen LogP contribution in [0.3, 0.4) is 0 Å². The third-order valence-electron chi connectivity index (χ3n) is 2.78. The third kappa shape index (κ3) is 2.02. The summed E-state index contributed by atoms with van der Waals surface area (Å²) in [6.07, 6.45) is 8.19. The van der Waals surface area contributed by atoms with E-state index in [-0.39, 0.29) is 0 Å². The van der Waals surface area contributed by atoms with Crippen LogP contribution in [0.2, 0.25) is 0 Å². The van der Waals surface area contributed by atoms with E-state index < -0.39 is 0 Å². The Hall–Kier alpha value is -0.990. The molecule has 0 aromatic carbocycles. The SMILES string of the molecule is CCn1cc(NCC2CCC2)cn1. The van der Waals surface area contributed by atoms with Crippen molar-refractivity contribution in [1.29, 1.82) is 0 Å². The van der Waals surface area contributed by atoms with Crippen LogP contribution in [0.5, 0.6) is 0 Å². The normalized spacial score (nSPS) is 17.0. The summed E-state index contributed by atoms with van der Waals surface area (Å²) in [5, 5.41) is 7.63. The molecule has 0 saturated heterocycles. The van der Waals surface area contributed by atoms with Crippen LogP contribution in [0.4, 0.5) is 5.69 Å². The van der Waals surface area contributed by atoms with Gasteiger partial charge in [-0.25, -0.2) is 0 Å². The largest absolute Gasteiger partial charge is 0.382 e. The lowest BCUT2D eigenvalue weighted by molar-refractivity contribution is 0.333. The molecule has 0 unspecified atom stereocenters. The van der Waals surface area contributed by atoms with Gasteiger partial charge in [0.25, 0.3) is 0 Å². The Morgan fingerprint density at radius 3 is 3.00 bits per heavy atom. The highest BCUT2D eigenvalue weighted by Gasteiger charge is 2.16. The number of nitrogens with zero attached hydrogens (tertiary/aromatic N) is 2. The lowest BCUT2D eigenvalue weighted by atomic mass is 9.85. The second-order valence-corrected chi connectivity index (χ2v) is 3.76. The number of aryl methyl sites for hydroxylation is 1. The Balaban J connectivity index is 1.79. The average molecular weight is 179 g/mol. The van der Waals surface area contributed by atoms with Gasteiger partial charge in [-0.3, -0.25) is 4.68 Å². The van der Waals surface area contributed by atoms with Gasteiger partial charge in [0.05, 0.1) is 11.9 Å². The average Bonchev–Trinajstić information content (AvgIpc) is 2.49. The summed E-state index contributed by atoms with van der Waals surface area (Å²) in [6, 6.07) is 0. The van der Waals surface area contributed by atoms with E-state index in [9.17, 15) is 0 Å². The topological polar surface area (TPSA) is 29.9 Å². The first-order valence-electron chi connectivity index (χ1n) is 5.15. The third-order valence-corrected chi connectivity index (χ3v) is 2.78. The molecule has 2 rings (SSSR count). The molecule has 1 aliphatic carbocycles. The van der Waals surface area contributed by atoms with Gasteiger partial charge in [0, 0.05) is 19.3 Å². The van der Waals surface area contributed by atoms with Crippen molar-refractivity contribution in [3.8, 4) is 0 Å². The van der Waals surface area contributed by atoms with Crippen molar-refractivity contribution in [3.63, 3.8) is 0 Å². The van der Waals surface area contributed by atoms with Crippen LogP contribution in [0.1, 0.15) is 26.2 Å². The second kappa shape index (κ2) is 3.81. The van der Waals surface area contributed by atoms with Crippen molar-refractivity contribution in [1.82, 2.24) is 9.78 Å². The van der Waals surface area contributed by atoms with E-state index in [4.69, 9.17) is 0 Å². The van der Waals surface area contributed by atoms with Gasteiger partial charge in [0.1, 0.15) is 0 Å². The Labute approximate surface area is 79.1 Å². The van der Waals surface area contributed by atoms with E-state index in [1.807, 2.05) is 10.9 Å². The maximum Gasteiger partial charge on any atom is 0.0726 e. The quantitative estimate of drug-likeness (QED) is 0.767. The van der Waals surface area contributed by atoms with Crippen LogP contribution in [-0.2, 0) is 6.54 Å². The first kappa shape index (κ1) is 8.60. The Bertz CT molecular complexity index is 263. The van der Waals surface area contributed by atoms with Gasteiger partial charge >= 0.3 is 0 Å². The van der Waals surface area contributed by atoms with Crippen LogP contribution in [0, 0.1) is 5.92 Å². The summed E-state index contributed by atoms with van der Waals surface area (Å²) in [6.45, 7) is 4.17. The molecule has 1 aliphatic rings. The highest BCUT2D eigenvalue weighted by atomic mass is 15.3. The minimum Gasteiger partial charge on any atom is -0.382 e. The number of anilines is 1. The molecule has 72 valence electrons. The van der Waals surface area contributed by atoms with E-state index in [0.717, 1.165) is 24.7 Å². The predicted octanol–water partition coefficient (Wildman–Crippen LogP) is 2.11. The van der Waals surface area contributed by atoms with Gasteiger partial charge in [-0.05, 0) is 25.7 Å². The van der Waals surface area contributed by atoms with Crippen LogP contribution < -0.4 is 5.32 Å². The molecule has 0 aliphatic heterocycles. The summed E-state index contributed by atoms with van der Waals surface area (Å²) < 4.78 is 1.95. The van der Waals surface area contributed by atoms with E-state index in [1.54, 1.807) is 0 Å². The monoisotopic (exact) mass is 179 g/mol. The van der Waals surface area contributed by atoms with E-state index >= 15 is 0 Å². The maximum absolute atomic E-state index is 4.21. The van der Waals surface area contributed by atoms with Gasteiger partial charge in [-0.2, -0.15) is 5.10 Å². The van der Waals surface area contributed by atoms with Crippen LogP contribution in [0.25, 0.3) is 0 Å². The summed E-state index contributed by atoms with van der Waals surface area (Å²) in [7, 11) is 0. The Kier molecular flexibility index (Phi) is 2.52.